The van der Waals surface area contributed by atoms with Crippen molar-refractivity contribution in [3.8, 4) is 0 Å². The molecule has 0 N–H and O–H groups in total. The first-order valence-corrected chi connectivity index (χ1v) is 10.3. The van der Waals surface area contributed by atoms with E-state index in [1.54, 1.807) is 19.1 Å². The van der Waals surface area contributed by atoms with Gasteiger partial charge in [0, 0.05) is 5.57 Å². The molecule has 1 atom stereocenters. The SMILES string of the molecule is C=C(C=Cc1ccccc1)C(=O)OC(=O)C(C)=C(CC)CC(CC)CCCC. The van der Waals surface area contributed by atoms with Crippen molar-refractivity contribution in [2.75, 3.05) is 0 Å². The molecule has 0 aromatic heterocycles. The van der Waals surface area contributed by atoms with Crippen molar-refractivity contribution in [2.45, 2.75) is 66.2 Å². The Kier molecular flexibility index (Phi) is 10.9. The van der Waals surface area contributed by atoms with Gasteiger partial charge in [-0.05, 0) is 37.3 Å². The molecule has 3 nitrogen and oxygen atoms in total. The monoisotopic (exact) mass is 382 g/mol. The van der Waals surface area contributed by atoms with Gasteiger partial charge in [-0.3, -0.25) is 0 Å². The molecule has 1 aromatic rings. The Labute approximate surface area is 170 Å². The van der Waals surface area contributed by atoms with Crippen molar-refractivity contribution in [1.82, 2.24) is 0 Å². The number of unbranched alkanes of at least 4 members (excludes halogenated alkanes) is 1. The summed E-state index contributed by atoms with van der Waals surface area (Å²) in [5.74, 6) is -0.705. The van der Waals surface area contributed by atoms with Gasteiger partial charge in [0.05, 0.1) is 5.57 Å². The molecule has 0 radical (unpaired) electrons. The minimum absolute atomic E-state index is 0.150. The van der Waals surface area contributed by atoms with Crippen LogP contribution in [-0.2, 0) is 14.3 Å². The first kappa shape index (κ1) is 23.6. The lowest BCUT2D eigenvalue weighted by Crippen LogP contribution is -2.16. The zero-order chi connectivity index (χ0) is 20.9. The highest BCUT2D eigenvalue weighted by atomic mass is 16.6. The van der Waals surface area contributed by atoms with Crippen LogP contribution in [0, 0.1) is 5.92 Å². The van der Waals surface area contributed by atoms with Crippen molar-refractivity contribution in [1.29, 1.82) is 0 Å². The van der Waals surface area contributed by atoms with Crippen molar-refractivity contribution < 1.29 is 14.3 Å². The minimum atomic E-state index is -0.704. The highest BCUT2D eigenvalue weighted by Gasteiger charge is 2.18. The number of ether oxygens (including phenoxy) is 1. The van der Waals surface area contributed by atoms with E-state index in [0.717, 1.165) is 30.4 Å². The number of hydrogen-bond donors (Lipinski definition) is 0. The fraction of sp³-hybridized carbons (Fsp3) is 0.440. The van der Waals surface area contributed by atoms with Gasteiger partial charge in [-0.25, -0.2) is 9.59 Å². The van der Waals surface area contributed by atoms with Crippen LogP contribution >= 0.6 is 0 Å². The topological polar surface area (TPSA) is 43.4 Å². The molecule has 152 valence electrons. The van der Waals surface area contributed by atoms with E-state index in [1.807, 2.05) is 37.3 Å². The van der Waals surface area contributed by atoms with Crippen molar-refractivity contribution in [3.05, 3.63) is 65.3 Å². The van der Waals surface area contributed by atoms with Crippen LogP contribution in [0.25, 0.3) is 6.08 Å². The minimum Gasteiger partial charge on any atom is -0.386 e. The molecule has 0 aliphatic heterocycles. The molecule has 0 saturated carbocycles. The van der Waals surface area contributed by atoms with E-state index < -0.39 is 11.9 Å². The zero-order valence-electron chi connectivity index (χ0n) is 17.8. The summed E-state index contributed by atoms with van der Waals surface area (Å²) in [5, 5.41) is 0. The van der Waals surface area contributed by atoms with E-state index in [1.165, 1.54) is 19.3 Å². The molecule has 0 fully saturated rings. The lowest BCUT2D eigenvalue weighted by Gasteiger charge is -2.18. The molecule has 1 rings (SSSR count). The van der Waals surface area contributed by atoms with Crippen LogP contribution < -0.4 is 0 Å². The summed E-state index contributed by atoms with van der Waals surface area (Å²) in [6.07, 6.45) is 9.64. The Hall–Kier alpha value is -2.42. The van der Waals surface area contributed by atoms with Gasteiger partial charge in [0.15, 0.2) is 0 Å². The van der Waals surface area contributed by atoms with Crippen LogP contribution in [0.15, 0.2) is 59.7 Å². The summed E-state index contributed by atoms with van der Waals surface area (Å²) in [5.41, 5.74) is 2.72. The number of carbonyl (C=O) groups excluding carboxylic acids is 2. The van der Waals surface area contributed by atoms with E-state index in [-0.39, 0.29) is 5.57 Å². The number of rotatable bonds is 11. The lowest BCUT2D eigenvalue weighted by atomic mass is 9.89. The highest BCUT2D eigenvalue weighted by molar-refractivity contribution is 6.03. The van der Waals surface area contributed by atoms with Crippen LogP contribution in [0.4, 0.5) is 0 Å². The largest absolute Gasteiger partial charge is 0.386 e. The number of carbonyl (C=O) groups is 2. The van der Waals surface area contributed by atoms with Gasteiger partial charge in [0.1, 0.15) is 0 Å². The smallest absolute Gasteiger partial charge is 0.345 e. The van der Waals surface area contributed by atoms with Crippen molar-refractivity contribution in [3.63, 3.8) is 0 Å². The van der Waals surface area contributed by atoms with Crippen LogP contribution in [0.2, 0.25) is 0 Å². The summed E-state index contributed by atoms with van der Waals surface area (Å²) in [7, 11) is 0. The maximum Gasteiger partial charge on any atom is 0.345 e. The highest BCUT2D eigenvalue weighted by Crippen LogP contribution is 2.25. The summed E-state index contributed by atoms with van der Waals surface area (Å²) in [4.78, 5) is 24.6. The first-order chi connectivity index (χ1) is 13.4. The first-order valence-electron chi connectivity index (χ1n) is 10.3. The van der Waals surface area contributed by atoms with Crippen LogP contribution in [0.1, 0.15) is 71.8 Å². The summed E-state index contributed by atoms with van der Waals surface area (Å²) >= 11 is 0. The molecule has 0 amide bonds. The fourth-order valence-corrected chi connectivity index (χ4v) is 3.05. The Balaban J connectivity index is 2.73. The standard InChI is InChI=1S/C25H34O3/c1-6-9-13-21(7-2)18-23(8-3)20(5)25(27)28-24(26)19(4)16-17-22-14-11-10-12-15-22/h10-12,14-17,21H,4,6-9,13,18H2,1-3,5H3. The van der Waals surface area contributed by atoms with Crippen LogP contribution in [0.5, 0.6) is 0 Å². The molecule has 1 unspecified atom stereocenters. The van der Waals surface area contributed by atoms with Crippen molar-refractivity contribution >= 4 is 18.0 Å². The van der Waals surface area contributed by atoms with Crippen LogP contribution in [0.3, 0.4) is 0 Å². The third-order valence-electron chi connectivity index (χ3n) is 5.07. The van der Waals surface area contributed by atoms with E-state index in [4.69, 9.17) is 4.74 Å². The molecule has 0 spiro atoms. The van der Waals surface area contributed by atoms with Gasteiger partial charge < -0.3 is 4.74 Å². The predicted molar refractivity (Wildman–Crippen MR) is 117 cm³/mol. The number of esters is 2. The Bertz CT molecular complexity index is 711. The molecule has 0 aliphatic carbocycles. The Morgan fingerprint density at radius 1 is 1.11 bits per heavy atom. The van der Waals surface area contributed by atoms with E-state index in [9.17, 15) is 9.59 Å². The lowest BCUT2D eigenvalue weighted by molar-refractivity contribution is -0.153. The molecular weight excluding hydrogens is 348 g/mol. The maximum atomic E-state index is 12.5. The van der Waals surface area contributed by atoms with E-state index in [0.29, 0.717) is 11.5 Å². The van der Waals surface area contributed by atoms with E-state index >= 15 is 0 Å². The third-order valence-corrected chi connectivity index (χ3v) is 5.07. The maximum absolute atomic E-state index is 12.5. The van der Waals surface area contributed by atoms with Gasteiger partial charge >= 0.3 is 11.9 Å². The summed E-state index contributed by atoms with van der Waals surface area (Å²) in [6.45, 7) is 11.9. The Morgan fingerprint density at radius 3 is 2.36 bits per heavy atom. The predicted octanol–water partition coefficient (Wildman–Crippen LogP) is 6.66. The molecule has 1 aromatic carbocycles. The van der Waals surface area contributed by atoms with E-state index in [2.05, 4.69) is 20.4 Å². The molecule has 0 heterocycles. The van der Waals surface area contributed by atoms with Gasteiger partial charge in [0.2, 0.25) is 0 Å². The quantitative estimate of drug-likeness (QED) is 0.186. The average Bonchev–Trinajstić information content (AvgIpc) is 2.72. The summed E-state index contributed by atoms with van der Waals surface area (Å²) < 4.78 is 5.06. The molecule has 0 aliphatic rings. The molecule has 0 bridgehead atoms. The number of allylic oxidation sites excluding steroid dienone is 1. The zero-order valence-corrected chi connectivity index (χ0v) is 17.8. The second kappa shape index (κ2) is 12.9. The van der Waals surface area contributed by atoms with Crippen LogP contribution in [-0.4, -0.2) is 11.9 Å². The number of benzene rings is 1. The Morgan fingerprint density at radius 2 is 1.79 bits per heavy atom. The molecule has 3 heteroatoms. The molecule has 0 saturated heterocycles. The third kappa shape index (κ3) is 8.08. The number of hydrogen-bond acceptors (Lipinski definition) is 3. The van der Waals surface area contributed by atoms with Crippen molar-refractivity contribution in [2.24, 2.45) is 5.92 Å². The normalized spacial score (nSPS) is 13.1. The fourth-order valence-electron chi connectivity index (χ4n) is 3.05. The molecule has 28 heavy (non-hydrogen) atoms. The second-order valence-corrected chi connectivity index (χ2v) is 7.15. The summed E-state index contributed by atoms with van der Waals surface area (Å²) in [6, 6.07) is 9.58. The van der Waals surface area contributed by atoms with Gasteiger partial charge in [-0.1, -0.05) is 95.0 Å². The second-order valence-electron chi connectivity index (χ2n) is 7.15. The average molecular weight is 383 g/mol. The van der Waals surface area contributed by atoms with Gasteiger partial charge in [0.25, 0.3) is 0 Å². The molecular formula is C25H34O3. The van der Waals surface area contributed by atoms with Gasteiger partial charge in [-0.15, -0.1) is 0 Å². The van der Waals surface area contributed by atoms with Gasteiger partial charge in [-0.2, -0.15) is 0 Å².